The van der Waals surface area contributed by atoms with Crippen LogP contribution in [0.25, 0.3) is 27.0 Å². The highest BCUT2D eigenvalue weighted by atomic mass is 32.1. The van der Waals surface area contributed by atoms with E-state index < -0.39 is 35.7 Å². The predicted molar refractivity (Wildman–Crippen MR) is 124 cm³/mol. The normalized spacial score (nSPS) is 11.7. The van der Waals surface area contributed by atoms with E-state index in [1.807, 2.05) is 13.8 Å². The number of carboxylic acid groups (broad SMARTS) is 1. The molecule has 182 valence electrons. The molecule has 0 saturated carbocycles. The first-order valence-electron chi connectivity index (χ1n) is 10.1. The average molecular weight is 505 g/mol. The number of aryl methyl sites for hydroxylation is 2. The minimum Gasteiger partial charge on any atom is -0.481 e. The van der Waals surface area contributed by atoms with E-state index in [2.05, 4.69) is 4.37 Å². The van der Waals surface area contributed by atoms with Crippen molar-refractivity contribution in [2.45, 2.75) is 20.0 Å². The summed E-state index contributed by atoms with van der Waals surface area (Å²) in [6.07, 6.45) is -4.86. The standard InChI is InChI=1S/C23H18F3N3O5S/c1-11-6-14(16(7-12(11)2)34-10-20(31)32)21-15-8-13(4-5-17(15)35-27-21)29-19(30)9-18(23(24,25)26)28(3)22(29)33/h4-9H,10H2,1-3H3,(H,31,32). The minimum absolute atomic E-state index is 0.0649. The van der Waals surface area contributed by atoms with Crippen molar-refractivity contribution < 1.29 is 27.8 Å². The number of rotatable bonds is 5. The van der Waals surface area contributed by atoms with Crippen molar-refractivity contribution in [3.8, 4) is 22.7 Å². The monoisotopic (exact) mass is 505 g/mol. The lowest BCUT2D eigenvalue weighted by molar-refractivity contribution is -0.144. The summed E-state index contributed by atoms with van der Waals surface area (Å²) in [5.74, 6) is -0.868. The second-order valence-corrected chi connectivity index (χ2v) is 8.67. The van der Waals surface area contributed by atoms with Gasteiger partial charge in [-0.15, -0.1) is 0 Å². The van der Waals surface area contributed by atoms with E-state index in [-0.39, 0.29) is 11.4 Å². The summed E-state index contributed by atoms with van der Waals surface area (Å²) in [5.41, 5.74) is -0.862. The van der Waals surface area contributed by atoms with E-state index in [0.29, 0.717) is 36.5 Å². The number of carbonyl (C=O) groups is 1. The van der Waals surface area contributed by atoms with Crippen LogP contribution < -0.4 is 16.0 Å². The van der Waals surface area contributed by atoms with Gasteiger partial charge in [-0.1, -0.05) is 0 Å². The van der Waals surface area contributed by atoms with Gasteiger partial charge in [-0.3, -0.25) is 9.36 Å². The van der Waals surface area contributed by atoms with Crippen LogP contribution in [0.1, 0.15) is 16.8 Å². The number of ether oxygens (including phenoxy) is 1. The van der Waals surface area contributed by atoms with Gasteiger partial charge in [0.2, 0.25) is 0 Å². The smallest absolute Gasteiger partial charge is 0.431 e. The number of halogens is 3. The zero-order valence-corrected chi connectivity index (χ0v) is 19.5. The fourth-order valence-corrected chi connectivity index (χ4v) is 4.40. The highest BCUT2D eigenvalue weighted by Crippen LogP contribution is 2.38. The zero-order valence-electron chi connectivity index (χ0n) is 18.6. The molecule has 8 nitrogen and oxygen atoms in total. The van der Waals surface area contributed by atoms with Gasteiger partial charge < -0.3 is 9.84 Å². The third-order valence-corrected chi connectivity index (χ3v) is 6.35. The number of benzene rings is 2. The lowest BCUT2D eigenvalue weighted by atomic mass is 10.0. The minimum atomic E-state index is -4.86. The number of alkyl halides is 3. The van der Waals surface area contributed by atoms with Crippen molar-refractivity contribution in [2.75, 3.05) is 6.61 Å². The third kappa shape index (κ3) is 4.44. The van der Waals surface area contributed by atoms with Gasteiger partial charge in [-0.05, 0) is 66.8 Å². The van der Waals surface area contributed by atoms with Crippen LogP contribution in [0.5, 0.6) is 5.75 Å². The van der Waals surface area contributed by atoms with Crippen molar-refractivity contribution >= 4 is 27.6 Å². The highest BCUT2D eigenvalue weighted by Gasteiger charge is 2.35. The lowest BCUT2D eigenvalue weighted by Gasteiger charge is -2.14. The Morgan fingerprint density at radius 3 is 2.46 bits per heavy atom. The van der Waals surface area contributed by atoms with E-state index in [9.17, 15) is 27.6 Å². The lowest BCUT2D eigenvalue weighted by Crippen LogP contribution is -2.40. The van der Waals surface area contributed by atoms with Gasteiger partial charge in [-0.25, -0.2) is 14.2 Å². The Kier molecular flexibility index (Phi) is 6.01. The van der Waals surface area contributed by atoms with Crippen LogP contribution in [0.3, 0.4) is 0 Å². The summed E-state index contributed by atoms with van der Waals surface area (Å²) in [5, 5.41) is 9.54. The molecule has 2 aromatic carbocycles. The third-order valence-electron chi connectivity index (χ3n) is 5.52. The highest BCUT2D eigenvalue weighted by molar-refractivity contribution is 7.13. The Labute approximate surface area is 199 Å². The SMILES string of the molecule is Cc1cc(OCC(=O)O)c(-c2nsc3ccc(-n4c(=O)cc(C(F)(F)F)n(C)c4=O)cc23)cc1C. The van der Waals surface area contributed by atoms with Gasteiger partial charge in [0.1, 0.15) is 11.4 Å². The van der Waals surface area contributed by atoms with E-state index in [1.54, 1.807) is 18.2 Å². The zero-order chi connectivity index (χ0) is 25.7. The Balaban J connectivity index is 1.92. The first-order chi connectivity index (χ1) is 16.4. The van der Waals surface area contributed by atoms with Crippen LogP contribution in [-0.4, -0.2) is 31.2 Å². The number of hydrogen-bond acceptors (Lipinski definition) is 6. The first-order valence-corrected chi connectivity index (χ1v) is 10.9. The summed E-state index contributed by atoms with van der Waals surface area (Å²) in [4.78, 5) is 36.3. The number of aromatic nitrogens is 3. The molecule has 0 amide bonds. The topological polar surface area (TPSA) is 103 Å². The Morgan fingerprint density at radius 1 is 1.11 bits per heavy atom. The van der Waals surface area contributed by atoms with Crippen molar-refractivity contribution in [1.29, 1.82) is 0 Å². The van der Waals surface area contributed by atoms with Gasteiger partial charge in [0.25, 0.3) is 5.56 Å². The Bertz CT molecular complexity index is 1600. The molecule has 0 atom stereocenters. The van der Waals surface area contributed by atoms with Crippen LogP contribution >= 0.6 is 11.5 Å². The summed E-state index contributed by atoms with van der Waals surface area (Å²) < 4.78 is 51.2. The molecule has 0 aliphatic rings. The van der Waals surface area contributed by atoms with E-state index in [0.717, 1.165) is 29.7 Å². The predicted octanol–water partition coefficient (Wildman–Crippen LogP) is 3.91. The average Bonchev–Trinajstić information content (AvgIpc) is 3.19. The van der Waals surface area contributed by atoms with Gasteiger partial charge >= 0.3 is 17.8 Å². The van der Waals surface area contributed by atoms with E-state index in [4.69, 9.17) is 9.84 Å². The van der Waals surface area contributed by atoms with Gasteiger partial charge in [0.15, 0.2) is 6.61 Å². The molecule has 0 aliphatic carbocycles. The maximum atomic E-state index is 13.2. The largest absolute Gasteiger partial charge is 0.481 e. The quantitative estimate of drug-likeness (QED) is 0.441. The molecule has 0 spiro atoms. The summed E-state index contributed by atoms with van der Waals surface area (Å²) in [7, 11) is 0.943. The molecule has 0 radical (unpaired) electrons. The van der Waals surface area contributed by atoms with Crippen LogP contribution in [0.15, 0.2) is 46.0 Å². The Hall–Kier alpha value is -3.93. The maximum Gasteiger partial charge on any atom is 0.431 e. The molecule has 2 heterocycles. The molecule has 0 unspecified atom stereocenters. The summed E-state index contributed by atoms with van der Waals surface area (Å²) in [6.45, 7) is 3.14. The van der Waals surface area contributed by atoms with Crippen LogP contribution in [0.2, 0.25) is 0 Å². The van der Waals surface area contributed by atoms with E-state index in [1.165, 1.54) is 12.1 Å². The molecule has 4 rings (SSSR count). The van der Waals surface area contributed by atoms with E-state index >= 15 is 0 Å². The summed E-state index contributed by atoms with van der Waals surface area (Å²) in [6, 6.07) is 8.40. The van der Waals surface area contributed by atoms with Crippen LogP contribution in [-0.2, 0) is 18.0 Å². The number of carboxylic acids is 1. The number of hydrogen-bond donors (Lipinski definition) is 1. The molecule has 12 heteroatoms. The molecule has 0 fully saturated rings. The molecule has 35 heavy (non-hydrogen) atoms. The van der Waals surface area contributed by atoms with Gasteiger partial charge in [-0.2, -0.15) is 17.5 Å². The molecule has 2 aromatic heterocycles. The second-order valence-electron chi connectivity index (χ2n) is 7.87. The van der Waals surface area contributed by atoms with Crippen molar-refractivity contribution in [3.63, 3.8) is 0 Å². The van der Waals surface area contributed by atoms with Crippen LogP contribution in [0, 0.1) is 13.8 Å². The molecule has 0 bridgehead atoms. The Morgan fingerprint density at radius 2 is 1.80 bits per heavy atom. The second kappa shape index (κ2) is 8.69. The number of nitrogens with zero attached hydrogens (tertiary/aromatic N) is 3. The molecular formula is C23H18F3N3O5S. The first kappa shape index (κ1) is 24.2. The fraction of sp³-hybridized carbons (Fsp3) is 0.217. The van der Waals surface area contributed by atoms with Crippen molar-refractivity contribution in [3.05, 3.63) is 74.1 Å². The molecular weight excluding hydrogens is 487 g/mol. The van der Waals surface area contributed by atoms with Crippen LogP contribution in [0.4, 0.5) is 13.2 Å². The molecule has 0 saturated heterocycles. The number of aliphatic carboxylic acids is 1. The number of fused-ring (bicyclic) bond motifs is 1. The molecule has 1 N–H and O–H groups in total. The van der Waals surface area contributed by atoms with Crippen molar-refractivity contribution in [2.24, 2.45) is 7.05 Å². The van der Waals surface area contributed by atoms with Gasteiger partial charge in [0, 0.05) is 24.1 Å². The fourth-order valence-electron chi connectivity index (χ4n) is 3.63. The van der Waals surface area contributed by atoms with Gasteiger partial charge in [0.05, 0.1) is 16.1 Å². The summed E-state index contributed by atoms with van der Waals surface area (Å²) >= 11 is 1.13. The molecule has 4 aromatic rings. The maximum absolute atomic E-state index is 13.2. The van der Waals surface area contributed by atoms with Crippen molar-refractivity contribution in [1.82, 2.24) is 13.5 Å². The molecule has 0 aliphatic heterocycles.